The van der Waals surface area contributed by atoms with Crippen molar-refractivity contribution in [1.82, 2.24) is 9.62 Å². The molecule has 0 unspecified atom stereocenters. The highest BCUT2D eigenvalue weighted by atomic mass is 35.5. The second-order valence-electron chi connectivity index (χ2n) is 5.73. The highest BCUT2D eigenvalue weighted by Crippen LogP contribution is 2.29. The van der Waals surface area contributed by atoms with Crippen LogP contribution in [0.5, 0.6) is 5.75 Å². The maximum Gasteiger partial charge on any atom is 0.251 e. The van der Waals surface area contributed by atoms with Gasteiger partial charge in [-0.05, 0) is 50.4 Å². The summed E-state index contributed by atoms with van der Waals surface area (Å²) in [6.45, 7) is 2.09. The zero-order valence-electron chi connectivity index (χ0n) is 14.4. The van der Waals surface area contributed by atoms with E-state index in [1.54, 1.807) is 6.07 Å². The molecule has 0 atom stereocenters. The van der Waals surface area contributed by atoms with E-state index in [2.05, 4.69) is 5.32 Å². The summed E-state index contributed by atoms with van der Waals surface area (Å²) in [7, 11) is -2.23. The molecule has 1 saturated heterocycles. The van der Waals surface area contributed by atoms with Gasteiger partial charge in [0, 0.05) is 25.2 Å². The lowest BCUT2D eigenvalue weighted by molar-refractivity contribution is 0.0953. The fourth-order valence-electron chi connectivity index (χ4n) is 2.66. The fourth-order valence-corrected chi connectivity index (χ4v) is 4.36. The molecule has 1 fully saturated rings. The number of rotatable bonds is 8. The maximum atomic E-state index is 12.8. The van der Waals surface area contributed by atoms with Gasteiger partial charge in [-0.15, -0.1) is 12.4 Å². The molecule has 0 aromatic heterocycles. The minimum absolute atomic E-state index is 0. The average molecular weight is 392 g/mol. The lowest BCUT2D eigenvalue weighted by Crippen LogP contribution is -2.29. The molecule has 7 nitrogen and oxygen atoms in total. The third-order valence-corrected chi connectivity index (χ3v) is 5.94. The number of unbranched alkanes of at least 4 members (excludes halogenated alkanes) is 1. The Labute approximate surface area is 155 Å². The van der Waals surface area contributed by atoms with Gasteiger partial charge >= 0.3 is 0 Å². The topological polar surface area (TPSA) is 102 Å². The zero-order valence-corrected chi connectivity index (χ0v) is 16.0. The summed E-state index contributed by atoms with van der Waals surface area (Å²) in [6, 6.07) is 4.49. The Bertz CT molecular complexity index is 676. The van der Waals surface area contributed by atoms with Crippen molar-refractivity contribution >= 4 is 28.3 Å². The van der Waals surface area contributed by atoms with Gasteiger partial charge in [-0.3, -0.25) is 4.79 Å². The lowest BCUT2D eigenvalue weighted by Gasteiger charge is -2.18. The van der Waals surface area contributed by atoms with E-state index >= 15 is 0 Å². The van der Waals surface area contributed by atoms with Crippen LogP contribution >= 0.6 is 12.4 Å². The summed E-state index contributed by atoms with van der Waals surface area (Å²) < 4.78 is 32.2. The first kappa shape index (κ1) is 21.7. The summed E-state index contributed by atoms with van der Waals surface area (Å²) >= 11 is 0. The molecular formula is C16H26ClN3O4S. The quantitative estimate of drug-likeness (QED) is 0.651. The number of hydrogen-bond donors (Lipinski definition) is 2. The van der Waals surface area contributed by atoms with Crippen LogP contribution in [0.1, 0.15) is 36.0 Å². The third kappa shape index (κ3) is 5.31. The van der Waals surface area contributed by atoms with Gasteiger partial charge < -0.3 is 15.8 Å². The van der Waals surface area contributed by atoms with E-state index in [0.717, 1.165) is 25.7 Å². The van der Waals surface area contributed by atoms with E-state index in [1.807, 2.05) is 0 Å². The van der Waals surface area contributed by atoms with Crippen LogP contribution in [-0.2, 0) is 10.0 Å². The third-order valence-electron chi connectivity index (χ3n) is 4.03. The number of amides is 1. The number of nitrogens with zero attached hydrogens (tertiary/aromatic N) is 1. The van der Waals surface area contributed by atoms with Gasteiger partial charge in [-0.2, -0.15) is 4.31 Å². The smallest absolute Gasteiger partial charge is 0.251 e. The normalized spacial score (nSPS) is 14.8. The molecule has 3 N–H and O–H groups in total. The predicted molar refractivity (Wildman–Crippen MR) is 98.9 cm³/mol. The number of carbonyl (C=O) groups is 1. The van der Waals surface area contributed by atoms with E-state index < -0.39 is 10.0 Å². The van der Waals surface area contributed by atoms with Crippen molar-refractivity contribution in [2.75, 3.05) is 33.3 Å². The predicted octanol–water partition coefficient (Wildman–Crippen LogP) is 1.37. The van der Waals surface area contributed by atoms with Crippen molar-refractivity contribution in [3.05, 3.63) is 23.8 Å². The number of ether oxygens (including phenoxy) is 1. The number of sulfonamides is 1. The van der Waals surface area contributed by atoms with Crippen LogP contribution in [0.2, 0.25) is 0 Å². The van der Waals surface area contributed by atoms with Crippen LogP contribution in [0.4, 0.5) is 0 Å². The molecule has 142 valence electrons. The first-order chi connectivity index (χ1) is 11.5. The van der Waals surface area contributed by atoms with Crippen molar-refractivity contribution in [1.29, 1.82) is 0 Å². The number of nitrogens with one attached hydrogen (secondary N) is 1. The molecule has 0 saturated carbocycles. The van der Waals surface area contributed by atoms with Crippen molar-refractivity contribution in [3.63, 3.8) is 0 Å². The molecule has 1 aromatic carbocycles. The second-order valence-corrected chi connectivity index (χ2v) is 7.63. The largest absolute Gasteiger partial charge is 0.495 e. The number of nitrogens with two attached hydrogens (primary N) is 1. The summed E-state index contributed by atoms with van der Waals surface area (Å²) in [6.07, 6.45) is 3.32. The van der Waals surface area contributed by atoms with Crippen LogP contribution < -0.4 is 15.8 Å². The number of methoxy groups -OCH3 is 1. The molecule has 0 bridgehead atoms. The fraction of sp³-hybridized carbons (Fsp3) is 0.562. The summed E-state index contributed by atoms with van der Waals surface area (Å²) in [5.74, 6) is -0.0471. The van der Waals surface area contributed by atoms with E-state index in [0.29, 0.717) is 31.7 Å². The second kappa shape index (κ2) is 9.96. The van der Waals surface area contributed by atoms with Gasteiger partial charge in [0.1, 0.15) is 10.6 Å². The first-order valence-electron chi connectivity index (χ1n) is 8.17. The Morgan fingerprint density at radius 2 is 1.96 bits per heavy atom. The first-order valence-corrected chi connectivity index (χ1v) is 9.61. The molecule has 9 heteroatoms. The number of hydrogen-bond acceptors (Lipinski definition) is 5. The average Bonchev–Trinajstić information content (AvgIpc) is 3.13. The number of halogens is 1. The Morgan fingerprint density at radius 1 is 1.28 bits per heavy atom. The number of benzene rings is 1. The van der Waals surface area contributed by atoms with Crippen LogP contribution in [0.3, 0.4) is 0 Å². The minimum Gasteiger partial charge on any atom is -0.495 e. The molecule has 1 heterocycles. The minimum atomic E-state index is -3.65. The van der Waals surface area contributed by atoms with Crippen LogP contribution in [-0.4, -0.2) is 51.9 Å². The molecule has 2 rings (SSSR count). The van der Waals surface area contributed by atoms with Gasteiger partial charge in [0.15, 0.2) is 0 Å². The van der Waals surface area contributed by atoms with Crippen molar-refractivity contribution < 1.29 is 17.9 Å². The molecule has 0 radical (unpaired) electrons. The van der Waals surface area contributed by atoms with Crippen LogP contribution in [0, 0.1) is 0 Å². The van der Waals surface area contributed by atoms with Crippen LogP contribution in [0.25, 0.3) is 0 Å². The van der Waals surface area contributed by atoms with Gasteiger partial charge in [0.2, 0.25) is 10.0 Å². The zero-order chi connectivity index (χ0) is 17.6. The Hall–Kier alpha value is -1.35. The molecule has 25 heavy (non-hydrogen) atoms. The van der Waals surface area contributed by atoms with Crippen LogP contribution in [0.15, 0.2) is 23.1 Å². The van der Waals surface area contributed by atoms with Gasteiger partial charge in [-0.1, -0.05) is 0 Å². The van der Waals surface area contributed by atoms with Crippen molar-refractivity contribution in [2.24, 2.45) is 5.73 Å². The summed E-state index contributed by atoms with van der Waals surface area (Å²) in [5.41, 5.74) is 5.72. The molecule has 0 aliphatic carbocycles. The Morgan fingerprint density at radius 3 is 2.56 bits per heavy atom. The molecular weight excluding hydrogens is 366 g/mol. The summed E-state index contributed by atoms with van der Waals surface area (Å²) in [4.78, 5) is 12.3. The van der Waals surface area contributed by atoms with Gasteiger partial charge in [-0.25, -0.2) is 8.42 Å². The van der Waals surface area contributed by atoms with E-state index in [9.17, 15) is 13.2 Å². The van der Waals surface area contributed by atoms with Crippen molar-refractivity contribution in [2.45, 2.75) is 30.6 Å². The molecule has 0 spiro atoms. The highest BCUT2D eigenvalue weighted by molar-refractivity contribution is 7.89. The molecule has 1 aromatic rings. The summed E-state index contributed by atoms with van der Waals surface area (Å²) in [5, 5.41) is 2.78. The molecule has 1 amide bonds. The van der Waals surface area contributed by atoms with Gasteiger partial charge in [0.05, 0.1) is 7.11 Å². The number of carbonyl (C=O) groups excluding carboxylic acids is 1. The van der Waals surface area contributed by atoms with Gasteiger partial charge in [0.25, 0.3) is 5.91 Å². The molecule has 1 aliphatic rings. The standard InChI is InChI=1S/C16H25N3O4S.ClH/c1-23-14-7-6-13(16(20)18-9-3-2-8-17)12-15(14)24(21,22)19-10-4-5-11-19;/h6-7,12H,2-5,8-11,17H2,1H3,(H,18,20);1H. The van der Waals surface area contributed by atoms with E-state index in [4.69, 9.17) is 10.5 Å². The maximum absolute atomic E-state index is 12.8. The monoisotopic (exact) mass is 391 g/mol. The highest BCUT2D eigenvalue weighted by Gasteiger charge is 2.30. The SMILES string of the molecule is COc1ccc(C(=O)NCCCCN)cc1S(=O)(=O)N1CCCC1.Cl. The molecule has 1 aliphatic heterocycles. The van der Waals surface area contributed by atoms with E-state index in [-0.39, 0.29) is 29.0 Å². The lowest BCUT2D eigenvalue weighted by atomic mass is 10.2. The van der Waals surface area contributed by atoms with E-state index in [1.165, 1.54) is 23.5 Å². The Balaban J connectivity index is 0.00000312. The Kier molecular flexibility index (Phi) is 8.64. The van der Waals surface area contributed by atoms with Crippen molar-refractivity contribution in [3.8, 4) is 5.75 Å².